The van der Waals surface area contributed by atoms with Crippen molar-refractivity contribution in [3.8, 4) is 0 Å². The third kappa shape index (κ3) is 2.22. The fourth-order valence-electron chi connectivity index (χ4n) is 1.71. The lowest BCUT2D eigenvalue weighted by atomic mass is 9.88. The van der Waals surface area contributed by atoms with Gasteiger partial charge in [-0.05, 0) is 11.8 Å². The van der Waals surface area contributed by atoms with Crippen LogP contribution in [-0.4, -0.2) is 26.5 Å². The van der Waals surface area contributed by atoms with Crippen molar-refractivity contribution in [2.45, 2.75) is 20.4 Å². The van der Waals surface area contributed by atoms with Crippen LogP contribution in [0.2, 0.25) is 0 Å². The zero-order valence-corrected chi connectivity index (χ0v) is 9.67. The Kier molecular flexibility index (Phi) is 3.19. The van der Waals surface area contributed by atoms with Gasteiger partial charge in [0.1, 0.15) is 6.33 Å². The molecule has 16 heavy (non-hydrogen) atoms. The van der Waals surface area contributed by atoms with Gasteiger partial charge in [0.2, 0.25) is 0 Å². The standard InChI is InChI=1S/C12H17N3O/c1-9-3-4-11(7-10(9)2)12-13-8-15(14-12)5-6-16/h3-4,7-10,16H,5-6H2,1-2H3. The zero-order valence-electron chi connectivity index (χ0n) is 9.67. The summed E-state index contributed by atoms with van der Waals surface area (Å²) in [6.07, 6.45) is 8.11. The Hall–Kier alpha value is -1.42. The van der Waals surface area contributed by atoms with Crippen LogP contribution < -0.4 is 0 Å². The summed E-state index contributed by atoms with van der Waals surface area (Å²) in [4.78, 5) is 4.24. The summed E-state index contributed by atoms with van der Waals surface area (Å²) in [5.41, 5.74) is 1.07. The molecule has 1 aliphatic rings. The molecule has 2 unspecified atom stereocenters. The van der Waals surface area contributed by atoms with E-state index >= 15 is 0 Å². The van der Waals surface area contributed by atoms with Gasteiger partial charge in [-0.2, -0.15) is 5.10 Å². The van der Waals surface area contributed by atoms with Gasteiger partial charge < -0.3 is 5.11 Å². The third-order valence-electron chi connectivity index (χ3n) is 2.97. The van der Waals surface area contributed by atoms with Crippen molar-refractivity contribution in [1.29, 1.82) is 0 Å². The predicted molar refractivity (Wildman–Crippen MR) is 62.6 cm³/mol. The highest BCUT2D eigenvalue weighted by atomic mass is 16.3. The maximum atomic E-state index is 8.80. The molecule has 86 valence electrons. The number of aliphatic hydroxyl groups excluding tert-OH is 1. The Morgan fingerprint density at radius 1 is 1.38 bits per heavy atom. The first kappa shape index (κ1) is 11.1. The molecule has 0 bridgehead atoms. The average Bonchev–Trinajstić information content (AvgIpc) is 2.71. The van der Waals surface area contributed by atoms with E-state index in [1.807, 2.05) is 0 Å². The van der Waals surface area contributed by atoms with E-state index in [-0.39, 0.29) is 6.61 Å². The fourth-order valence-corrected chi connectivity index (χ4v) is 1.71. The Morgan fingerprint density at radius 3 is 2.88 bits per heavy atom. The van der Waals surface area contributed by atoms with Crippen LogP contribution in [0.3, 0.4) is 0 Å². The molecule has 4 heteroatoms. The first-order chi connectivity index (χ1) is 7.70. The Labute approximate surface area is 95.3 Å². The molecule has 1 N–H and O–H groups in total. The molecule has 0 fully saturated rings. The van der Waals surface area contributed by atoms with Gasteiger partial charge in [0.05, 0.1) is 13.2 Å². The minimum absolute atomic E-state index is 0.0884. The molecular formula is C12H17N3O. The molecule has 0 saturated heterocycles. The van der Waals surface area contributed by atoms with Crippen molar-refractivity contribution in [3.05, 3.63) is 30.4 Å². The maximum absolute atomic E-state index is 8.80. The molecule has 4 nitrogen and oxygen atoms in total. The number of hydrogen-bond donors (Lipinski definition) is 1. The van der Waals surface area contributed by atoms with E-state index < -0.39 is 0 Å². The molecule has 2 rings (SSSR count). The van der Waals surface area contributed by atoms with Crippen molar-refractivity contribution in [2.24, 2.45) is 11.8 Å². The summed E-state index contributed by atoms with van der Waals surface area (Å²) in [7, 11) is 0. The molecule has 1 heterocycles. The lowest BCUT2D eigenvalue weighted by Crippen LogP contribution is -2.07. The molecule has 0 aromatic carbocycles. The van der Waals surface area contributed by atoms with Crippen LogP contribution in [0.25, 0.3) is 5.57 Å². The fraction of sp³-hybridized carbons (Fsp3) is 0.500. The van der Waals surface area contributed by atoms with Crippen LogP contribution in [-0.2, 0) is 6.54 Å². The van der Waals surface area contributed by atoms with Gasteiger partial charge in [0.25, 0.3) is 0 Å². The number of allylic oxidation sites excluding steroid dienone is 4. The average molecular weight is 219 g/mol. The Balaban J connectivity index is 2.18. The van der Waals surface area contributed by atoms with Crippen LogP contribution in [0.4, 0.5) is 0 Å². The number of nitrogens with zero attached hydrogens (tertiary/aromatic N) is 3. The summed E-state index contributed by atoms with van der Waals surface area (Å²) in [6.45, 7) is 4.98. The molecule has 0 saturated carbocycles. The van der Waals surface area contributed by atoms with E-state index in [1.165, 1.54) is 0 Å². The highest BCUT2D eigenvalue weighted by Crippen LogP contribution is 2.25. The lowest BCUT2D eigenvalue weighted by molar-refractivity contribution is 0.269. The summed E-state index contributed by atoms with van der Waals surface area (Å²) < 4.78 is 1.66. The van der Waals surface area contributed by atoms with Crippen molar-refractivity contribution < 1.29 is 5.11 Å². The van der Waals surface area contributed by atoms with E-state index in [0.29, 0.717) is 18.4 Å². The summed E-state index contributed by atoms with van der Waals surface area (Å²) >= 11 is 0. The number of aromatic nitrogens is 3. The van der Waals surface area contributed by atoms with Gasteiger partial charge in [0.15, 0.2) is 5.82 Å². The van der Waals surface area contributed by atoms with Crippen LogP contribution in [0.5, 0.6) is 0 Å². The van der Waals surface area contributed by atoms with Crippen LogP contribution >= 0.6 is 0 Å². The highest BCUT2D eigenvalue weighted by Gasteiger charge is 2.15. The van der Waals surface area contributed by atoms with Crippen molar-refractivity contribution in [1.82, 2.24) is 14.8 Å². The summed E-state index contributed by atoms with van der Waals surface area (Å²) in [5, 5.41) is 13.1. The zero-order chi connectivity index (χ0) is 11.5. The summed E-state index contributed by atoms with van der Waals surface area (Å²) in [5.74, 6) is 1.83. The highest BCUT2D eigenvalue weighted by molar-refractivity contribution is 5.70. The normalized spacial score (nSPS) is 24.6. The monoisotopic (exact) mass is 219 g/mol. The van der Waals surface area contributed by atoms with Crippen LogP contribution in [0, 0.1) is 11.8 Å². The number of aliphatic hydroxyl groups is 1. The number of hydrogen-bond acceptors (Lipinski definition) is 3. The molecule has 0 spiro atoms. The molecule has 0 radical (unpaired) electrons. The van der Waals surface area contributed by atoms with Crippen molar-refractivity contribution in [2.75, 3.05) is 6.61 Å². The van der Waals surface area contributed by atoms with Crippen LogP contribution in [0.1, 0.15) is 19.7 Å². The number of rotatable bonds is 3. The van der Waals surface area contributed by atoms with E-state index in [4.69, 9.17) is 5.11 Å². The first-order valence-electron chi connectivity index (χ1n) is 5.61. The Bertz CT molecular complexity index is 420. The molecule has 1 aliphatic carbocycles. The molecule has 2 atom stereocenters. The van der Waals surface area contributed by atoms with Gasteiger partial charge in [-0.15, -0.1) is 0 Å². The van der Waals surface area contributed by atoms with Gasteiger partial charge in [-0.1, -0.05) is 32.1 Å². The second kappa shape index (κ2) is 4.61. The van der Waals surface area contributed by atoms with E-state index in [2.05, 4.69) is 42.2 Å². The summed E-state index contributed by atoms with van der Waals surface area (Å²) in [6, 6.07) is 0. The quantitative estimate of drug-likeness (QED) is 0.838. The first-order valence-corrected chi connectivity index (χ1v) is 5.61. The van der Waals surface area contributed by atoms with E-state index in [1.54, 1.807) is 11.0 Å². The second-order valence-corrected chi connectivity index (χ2v) is 4.25. The lowest BCUT2D eigenvalue weighted by Gasteiger charge is -2.17. The Morgan fingerprint density at radius 2 is 2.19 bits per heavy atom. The smallest absolute Gasteiger partial charge is 0.180 e. The van der Waals surface area contributed by atoms with Gasteiger partial charge in [-0.25, -0.2) is 4.98 Å². The molecule has 0 aliphatic heterocycles. The third-order valence-corrected chi connectivity index (χ3v) is 2.97. The van der Waals surface area contributed by atoms with Gasteiger partial charge in [-0.3, -0.25) is 4.68 Å². The van der Waals surface area contributed by atoms with Crippen LogP contribution in [0.15, 0.2) is 24.6 Å². The minimum Gasteiger partial charge on any atom is -0.394 e. The van der Waals surface area contributed by atoms with E-state index in [0.717, 1.165) is 11.4 Å². The van der Waals surface area contributed by atoms with E-state index in [9.17, 15) is 0 Å². The molecule has 1 aromatic rings. The maximum Gasteiger partial charge on any atom is 0.180 e. The van der Waals surface area contributed by atoms with Crippen molar-refractivity contribution >= 4 is 5.57 Å². The minimum atomic E-state index is 0.0884. The SMILES string of the molecule is CC1C=CC(c2ncn(CCO)n2)=CC1C. The molecule has 1 aromatic heterocycles. The molecule has 0 amide bonds. The topological polar surface area (TPSA) is 50.9 Å². The van der Waals surface area contributed by atoms with Gasteiger partial charge >= 0.3 is 0 Å². The predicted octanol–water partition coefficient (Wildman–Crippen LogP) is 1.50. The molecular weight excluding hydrogens is 202 g/mol. The second-order valence-electron chi connectivity index (χ2n) is 4.25. The van der Waals surface area contributed by atoms with Gasteiger partial charge in [0, 0.05) is 5.57 Å². The van der Waals surface area contributed by atoms with Crippen molar-refractivity contribution in [3.63, 3.8) is 0 Å². The largest absolute Gasteiger partial charge is 0.394 e.